The van der Waals surface area contributed by atoms with E-state index in [1.165, 1.54) is 5.56 Å². The SMILES string of the molecule is CCOCc1nc2c(c(NC[C@@H](C)Oc3cccnc3)n1)CCNCC2. The van der Waals surface area contributed by atoms with E-state index in [0.717, 1.165) is 49.0 Å². The van der Waals surface area contributed by atoms with Gasteiger partial charge < -0.3 is 20.1 Å². The number of hydrogen-bond donors (Lipinski definition) is 2. The van der Waals surface area contributed by atoms with Crippen LogP contribution in [-0.4, -0.2) is 47.3 Å². The Morgan fingerprint density at radius 2 is 2.15 bits per heavy atom. The Morgan fingerprint density at radius 1 is 1.27 bits per heavy atom. The molecule has 0 saturated heterocycles. The Kier molecular flexibility index (Phi) is 6.74. The molecule has 1 aliphatic rings. The van der Waals surface area contributed by atoms with Crippen LogP contribution in [0.1, 0.15) is 30.9 Å². The number of fused-ring (bicyclic) bond motifs is 1. The third-order valence-corrected chi connectivity index (χ3v) is 4.19. The number of ether oxygens (including phenoxy) is 2. The van der Waals surface area contributed by atoms with E-state index >= 15 is 0 Å². The molecule has 1 atom stereocenters. The molecule has 2 aromatic heterocycles. The smallest absolute Gasteiger partial charge is 0.156 e. The van der Waals surface area contributed by atoms with Crippen LogP contribution >= 0.6 is 0 Å². The van der Waals surface area contributed by atoms with Crippen molar-refractivity contribution >= 4 is 5.82 Å². The summed E-state index contributed by atoms with van der Waals surface area (Å²) < 4.78 is 11.4. The second-order valence-electron chi connectivity index (χ2n) is 6.30. The average Bonchev–Trinajstić information content (AvgIpc) is 2.91. The van der Waals surface area contributed by atoms with Gasteiger partial charge in [-0.25, -0.2) is 9.97 Å². The first kappa shape index (κ1) is 18.5. The van der Waals surface area contributed by atoms with Gasteiger partial charge in [-0.05, 0) is 38.9 Å². The highest BCUT2D eigenvalue weighted by atomic mass is 16.5. The number of nitrogens with one attached hydrogen (secondary N) is 2. The summed E-state index contributed by atoms with van der Waals surface area (Å²) in [5, 5.41) is 6.88. The molecule has 0 radical (unpaired) electrons. The zero-order valence-electron chi connectivity index (χ0n) is 15.5. The maximum atomic E-state index is 5.89. The quantitative estimate of drug-likeness (QED) is 0.747. The van der Waals surface area contributed by atoms with Crippen LogP contribution in [0.5, 0.6) is 5.75 Å². The molecular formula is C19H27N5O2. The molecule has 0 aliphatic carbocycles. The van der Waals surface area contributed by atoms with Crippen LogP contribution in [0.15, 0.2) is 24.5 Å². The lowest BCUT2D eigenvalue weighted by Crippen LogP contribution is -2.24. The van der Waals surface area contributed by atoms with Crippen molar-refractivity contribution in [2.75, 3.05) is 31.6 Å². The summed E-state index contributed by atoms with van der Waals surface area (Å²) in [6, 6.07) is 3.78. The van der Waals surface area contributed by atoms with Gasteiger partial charge >= 0.3 is 0 Å². The molecule has 26 heavy (non-hydrogen) atoms. The normalized spacial score (nSPS) is 15.0. The summed E-state index contributed by atoms with van der Waals surface area (Å²) in [4.78, 5) is 13.5. The van der Waals surface area contributed by atoms with Gasteiger partial charge in [0.05, 0.1) is 18.4 Å². The molecular weight excluding hydrogens is 330 g/mol. The van der Waals surface area contributed by atoms with Crippen LogP contribution in [0, 0.1) is 0 Å². The Morgan fingerprint density at radius 3 is 2.96 bits per heavy atom. The summed E-state index contributed by atoms with van der Waals surface area (Å²) in [5.41, 5.74) is 2.31. The van der Waals surface area contributed by atoms with Crippen LogP contribution in [0.4, 0.5) is 5.82 Å². The molecule has 0 fully saturated rings. The van der Waals surface area contributed by atoms with Gasteiger partial charge in [-0.1, -0.05) is 0 Å². The van der Waals surface area contributed by atoms with Crippen LogP contribution in [0.2, 0.25) is 0 Å². The number of nitrogens with zero attached hydrogens (tertiary/aromatic N) is 3. The molecule has 3 heterocycles. The van der Waals surface area contributed by atoms with E-state index in [4.69, 9.17) is 19.4 Å². The van der Waals surface area contributed by atoms with E-state index in [-0.39, 0.29) is 6.10 Å². The van der Waals surface area contributed by atoms with E-state index in [9.17, 15) is 0 Å². The van der Waals surface area contributed by atoms with Crippen LogP contribution in [0.3, 0.4) is 0 Å². The molecule has 0 bridgehead atoms. The van der Waals surface area contributed by atoms with Crippen molar-refractivity contribution in [1.82, 2.24) is 20.3 Å². The highest BCUT2D eigenvalue weighted by Crippen LogP contribution is 2.20. The van der Waals surface area contributed by atoms with Crippen LogP contribution in [-0.2, 0) is 24.2 Å². The highest BCUT2D eigenvalue weighted by molar-refractivity contribution is 5.47. The van der Waals surface area contributed by atoms with Gasteiger partial charge in [0, 0.05) is 31.3 Å². The number of anilines is 1. The summed E-state index contributed by atoms with van der Waals surface area (Å²) in [6.45, 7) is 7.64. The summed E-state index contributed by atoms with van der Waals surface area (Å²) in [5.74, 6) is 2.40. The fourth-order valence-corrected chi connectivity index (χ4v) is 2.93. The fraction of sp³-hybridized carbons (Fsp3) is 0.526. The van der Waals surface area contributed by atoms with Gasteiger partial charge in [0.1, 0.15) is 24.3 Å². The summed E-state index contributed by atoms with van der Waals surface area (Å²) >= 11 is 0. The van der Waals surface area contributed by atoms with Crippen LogP contribution < -0.4 is 15.4 Å². The zero-order chi connectivity index (χ0) is 18.2. The van der Waals surface area contributed by atoms with E-state index in [0.29, 0.717) is 19.8 Å². The van der Waals surface area contributed by atoms with Crippen molar-refractivity contribution in [3.05, 3.63) is 41.6 Å². The second-order valence-corrected chi connectivity index (χ2v) is 6.30. The van der Waals surface area contributed by atoms with Gasteiger partial charge in [-0.3, -0.25) is 4.98 Å². The summed E-state index contributed by atoms with van der Waals surface area (Å²) in [7, 11) is 0. The molecule has 7 nitrogen and oxygen atoms in total. The molecule has 0 saturated carbocycles. The largest absolute Gasteiger partial charge is 0.487 e. The maximum Gasteiger partial charge on any atom is 0.156 e. The number of aromatic nitrogens is 3. The fourth-order valence-electron chi connectivity index (χ4n) is 2.93. The van der Waals surface area contributed by atoms with Crippen molar-refractivity contribution in [1.29, 1.82) is 0 Å². The van der Waals surface area contributed by atoms with E-state index < -0.39 is 0 Å². The average molecular weight is 357 g/mol. The van der Waals surface area contributed by atoms with Crippen molar-refractivity contribution in [3.8, 4) is 5.75 Å². The minimum Gasteiger partial charge on any atom is -0.487 e. The molecule has 2 N–H and O–H groups in total. The first-order chi connectivity index (χ1) is 12.8. The van der Waals surface area contributed by atoms with Gasteiger partial charge in [0.2, 0.25) is 0 Å². The minimum atomic E-state index is -0.0101. The van der Waals surface area contributed by atoms with E-state index in [1.54, 1.807) is 12.4 Å². The number of rotatable bonds is 8. The molecule has 1 aliphatic heterocycles. The topological polar surface area (TPSA) is 81.2 Å². The van der Waals surface area contributed by atoms with Crippen LogP contribution in [0.25, 0.3) is 0 Å². The minimum absolute atomic E-state index is 0.0101. The molecule has 0 aromatic carbocycles. The zero-order valence-corrected chi connectivity index (χ0v) is 15.5. The lowest BCUT2D eigenvalue weighted by atomic mass is 10.1. The lowest BCUT2D eigenvalue weighted by molar-refractivity contribution is 0.128. The van der Waals surface area contributed by atoms with Crippen molar-refractivity contribution in [2.24, 2.45) is 0 Å². The first-order valence-corrected chi connectivity index (χ1v) is 9.24. The monoisotopic (exact) mass is 357 g/mol. The Bertz CT molecular complexity index is 696. The predicted octanol–water partition coefficient (Wildman–Crippen LogP) is 1.98. The molecule has 0 amide bonds. The molecule has 0 unspecified atom stereocenters. The standard InChI is InChI=1S/C19H27N5O2/c1-3-25-13-18-23-17-7-10-20-9-6-16(17)19(24-18)22-11-14(2)26-15-5-4-8-21-12-15/h4-5,8,12,14,20H,3,6-7,9-11,13H2,1-2H3,(H,22,23,24)/t14-/m1/s1. The third kappa shape index (κ3) is 5.12. The lowest BCUT2D eigenvalue weighted by Gasteiger charge is -2.18. The molecule has 140 valence electrons. The predicted molar refractivity (Wildman–Crippen MR) is 100 cm³/mol. The Balaban J connectivity index is 1.70. The van der Waals surface area contributed by atoms with E-state index in [2.05, 4.69) is 15.6 Å². The van der Waals surface area contributed by atoms with Crippen molar-refractivity contribution in [2.45, 2.75) is 39.4 Å². The van der Waals surface area contributed by atoms with Crippen molar-refractivity contribution in [3.63, 3.8) is 0 Å². The molecule has 2 aromatic rings. The van der Waals surface area contributed by atoms with Gasteiger partial charge in [0.25, 0.3) is 0 Å². The Hall–Kier alpha value is -2.25. The highest BCUT2D eigenvalue weighted by Gasteiger charge is 2.17. The third-order valence-electron chi connectivity index (χ3n) is 4.19. The van der Waals surface area contributed by atoms with Crippen molar-refractivity contribution < 1.29 is 9.47 Å². The molecule has 7 heteroatoms. The van der Waals surface area contributed by atoms with Gasteiger partial charge in [-0.2, -0.15) is 0 Å². The molecule has 3 rings (SSSR count). The van der Waals surface area contributed by atoms with E-state index in [1.807, 2.05) is 26.0 Å². The Labute approximate surface area is 154 Å². The number of hydrogen-bond acceptors (Lipinski definition) is 7. The van der Waals surface area contributed by atoms with Gasteiger partial charge in [-0.15, -0.1) is 0 Å². The second kappa shape index (κ2) is 9.45. The molecule has 0 spiro atoms. The first-order valence-electron chi connectivity index (χ1n) is 9.24. The number of pyridine rings is 1. The van der Waals surface area contributed by atoms with Gasteiger partial charge in [0.15, 0.2) is 5.82 Å². The maximum absolute atomic E-state index is 5.89. The summed E-state index contributed by atoms with van der Waals surface area (Å²) in [6.07, 6.45) is 5.28.